The molecule has 0 amide bonds. The highest BCUT2D eigenvalue weighted by molar-refractivity contribution is 14.1. The Labute approximate surface area is 163 Å². The summed E-state index contributed by atoms with van der Waals surface area (Å²) in [4.78, 5) is 0. The van der Waals surface area contributed by atoms with Crippen molar-refractivity contribution < 1.29 is 4.74 Å². The van der Waals surface area contributed by atoms with Gasteiger partial charge in [0.15, 0.2) is 0 Å². The van der Waals surface area contributed by atoms with Crippen LogP contribution in [0.25, 0.3) is 11.1 Å². The molecule has 0 heterocycles. The van der Waals surface area contributed by atoms with Gasteiger partial charge in [-0.1, -0.05) is 40.8 Å². The summed E-state index contributed by atoms with van der Waals surface area (Å²) >= 11 is 4.46. The van der Waals surface area contributed by atoms with E-state index >= 15 is 0 Å². The van der Waals surface area contributed by atoms with Crippen molar-refractivity contribution in [3.8, 4) is 16.9 Å². The third-order valence-corrected chi connectivity index (χ3v) is 6.73. The van der Waals surface area contributed by atoms with Gasteiger partial charge in [0.2, 0.25) is 0 Å². The lowest BCUT2D eigenvalue weighted by Crippen LogP contribution is -2.00. The van der Waals surface area contributed by atoms with Gasteiger partial charge in [0.1, 0.15) is 5.75 Å². The summed E-state index contributed by atoms with van der Waals surface area (Å²) in [5.41, 5.74) is 8.55. The molecule has 0 aliphatic heterocycles. The van der Waals surface area contributed by atoms with E-state index in [0.717, 1.165) is 24.5 Å². The molecule has 0 bridgehead atoms. The van der Waals surface area contributed by atoms with Crippen molar-refractivity contribution in [2.45, 2.75) is 37.0 Å². The van der Waals surface area contributed by atoms with Crippen molar-refractivity contribution in [1.29, 1.82) is 0 Å². The summed E-state index contributed by atoms with van der Waals surface area (Å²) in [6.07, 6.45) is 5.71. The Bertz CT molecular complexity index is 703. The van der Waals surface area contributed by atoms with Gasteiger partial charge in [-0.15, -0.1) is 0 Å². The molecule has 0 aromatic heterocycles. The van der Waals surface area contributed by atoms with E-state index in [4.69, 9.17) is 4.74 Å². The highest BCUT2D eigenvalue weighted by atomic mass is 127. The number of halogens is 1. The zero-order chi connectivity index (χ0) is 17.1. The quantitative estimate of drug-likeness (QED) is 0.280. The summed E-state index contributed by atoms with van der Waals surface area (Å²) in [5, 5.41) is 0. The second-order valence-electron chi connectivity index (χ2n) is 6.51. The standard InChI is InChI=1S/C21H25IOS/c1-14-12-16(23-10-5-11-24-3)13-15(2)21(14)19-7-4-6-18-17(19)8-9-20(18)22/h4,6-7,12-13,20H,5,8-11H2,1-3H3. The van der Waals surface area contributed by atoms with Crippen LogP contribution < -0.4 is 4.74 Å². The highest BCUT2D eigenvalue weighted by Gasteiger charge is 2.23. The van der Waals surface area contributed by atoms with E-state index in [0.29, 0.717) is 3.92 Å². The monoisotopic (exact) mass is 452 g/mol. The minimum atomic E-state index is 0.664. The van der Waals surface area contributed by atoms with Crippen LogP contribution >= 0.6 is 34.4 Å². The molecule has 0 radical (unpaired) electrons. The summed E-state index contributed by atoms with van der Waals surface area (Å²) in [6.45, 7) is 5.23. The van der Waals surface area contributed by atoms with Gasteiger partial charge in [-0.05, 0) is 90.6 Å². The number of alkyl halides is 1. The Kier molecular flexibility index (Phi) is 6.14. The van der Waals surface area contributed by atoms with Gasteiger partial charge in [0.25, 0.3) is 0 Å². The summed E-state index contributed by atoms with van der Waals surface area (Å²) in [6, 6.07) is 11.2. The van der Waals surface area contributed by atoms with Crippen LogP contribution in [0.5, 0.6) is 5.75 Å². The van der Waals surface area contributed by atoms with Crippen LogP contribution in [0, 0.1) is 13.8 Å². The molecule has 128 valence electrons. The van der Waals surface area contributed by atoms with Crippen LogP contribution in [0.3, 0.4) is 0 Å². The predicted octanol–water partition coefficient (Wildman–Crippen LogP) is 6.52. The van der Waals surface area contributed by atoms with E-state index < -0.39 is 0 Å². The van der Waals surface area contributed by atoms with Crippen LogP contribution in [-0.4, -0.2) is 18.6 Å². The van der Waals surface area contributed by atoms with Gasteiger partial charge in [0, 0.05) is 3.92 Å². The van der Waals surface area contributed by atoms with Gasteiger partial charge in [-0.25, -0.2) is 0 Å². The number of hydrogen-bond donors (Lipinski definition) is 0. The molecule has 2 aromatic rings. The van der Waals surface area contributed by atoms with Crippen LogP contribution in [0.4, 0.5) is 0 Å². The fourth-order valence-corrected chi connectivity index (χ4v) is 4.96. The normalized spacial score (nSPS) is 16.2. The predicted molar refractivity (Wildman–Crippen MR) is 115 cm³/mol. The molecule has 1 nitrogen and oxygen atoms in total. The lowest BCUT2D eigenvalue weighted by molar-refractivity contribution is 0.318. The van der Waals surface area contributed by atoms with E-state index in [-0.39, 0.29) is 0 Å². The van der Waals surface area contributed by atoms with Crippen LogP contribution in [0.1, 0.15) is 39.0 Å². The zero-order valence-corrected chi connectivity index (χ0v) is 17.7. The van der Waals surface area contributed by atoms with Crippen molar-refractivity contribution in [3.05, 3.63) is 52.6 Å². The fraction of sp³-hybridized carbons (Fsp3) is 0.429. The molecule has 24 heavy (non-hydrogen) atoms. The molecule has 0 N–H and O–H groups in total. The number of aryl methyl sites for hydroxylation is 2. The van der Waals surface area contributed by atoms with Gasteiger partial charge < -0.3 is 4.74 Å². The number of fused-ring (bicyclic) bond motifs is 1. The van der Waals surface area contributed by atoms with E-state index in [2.05, 4.69) is 73.0 Å². The molecule has 1 aliphatic rings. The average Bonchev–Trinajstić information content (AvgIpc) is 2.93. The zero-order valence-electron chi connectivity index (χ0n) is 14.7. The first kappa shape index (κ1) is 18.1. The first-order valence-corrected chi connectivity index (χ1v) is 11.2. The summed E-state index contributed by atoms with van der Waals surface area (Å²) in [5.74, 6) is 2.16. The Morgan fingerprint density at radius 1 is 1.21 bits per heavy atom. The van der Waals surface area contributed by atoms with Gasteiger partial charge in [-0.3, -0.25) is 0 Å². The van der Waals surface area contributed by atoms with Crippen LogP contribution in [-0.2, 0) is 6.42 Å². The Hall–Kier alpha value is -0.680. The maximum Gasteiger partial charge on any atom is 0.119 e. The van der Waals surface area contributed by atoms with E-state index in [1.165, 1.54) is 40.7 Å². The molecule has 0 saturated heterocycles. The molecule has 3 heteroatoms. The molecule has 3 rings (SSSR count). The van der Waals surface area contributed by atoms with Crippen molar-refractivity contribution in [3.63, 3.8) is 0 Å². The maximum absolute atomic E-state index is 5.96. The number of rotatable bonds is 6. The molecule has 0 spiro atoms. The molecule has 0 fully saturated rings. The van der Waals surface area contributed by atoms with Gasteiger partial charge in [0.05, 0.1) is 6.61 Å². The topological polar surface area (TPSA) is 9.23 Å². The lowest BCUT2D eigenvalue weighted by atomic mass is 9.90. The van der Waals surface area contributed by atoms with Crippen molar-refractivity contribution in [2.24, 2.45) is 0 Å². The minimum Gasteiger partial charge on any atom is -0.494 e. The van der Waals surface area contributed by atoms with E-state index in [9.17, 15) is 0 Å². The highest BCUT2D eigenvalue weighted by Crippen LogP contribution is 2.44. The van der Waals surface area contributed by atoms with Gasteiger partial charge >= 0.3 is 0 Å². The number of hydrogen-bond acceptors (Lipinski definition) is 2. The summed E-state index contributed by atoms with van der Waals surface area (Å²) < 4.78 is 6.62. The molecular formula is C21H25IOS. The third-order valence-electron chi connectivity index (χ3n) is 4.73. The lowest BCUT2D eigenvalue weighted by Gasteiger charge is -2.17. The number of thioether (sulfide) groups is 1. The molecule has 1 atom stereocenters. The first-order valence-electron chi connectivity index (χ1n) is 8.61. The Balaban J connectivity index is 1.90. The van der Waals surface area contributed by atoms with E-state index in [1.807, 2.05) is 11.8 Å². The van der Waals surface area contributed by atoms with Gasteiger partial charge in [-0.2, -0.15) is 11.8 Å². The molecule has 2 aromatic carbocycles. The molecular weight excluding hydrogens is 427 g/mol. The van der Waals surface area contributed by atoms with Crippen molar-refractivity contribution in [2.75, 3.05) is 18.6 Å². The third kappa shape index (κ3) is 3.77. The second kappa shape index (κ2) is 8.13. The van der Waals surface area contributed by atoms with E-state index in [1.54, 1.807) is 5.56 Å². The molecule has 1 aliphatic carbocycles. The molecule has 0 saturated carbocycles. The fourth-order valence-electron chi connectivity index (χ4n) is 3.66. The summed E-state index contributed by atoms with van der Waals surface area (Å²) in [7, 11) is 0. The largest absolute Gasteiger partial charge is 0.494 e. The maximum atomic E-state index is 5.96. The smallest absolute Gasteiger partial charge is 0.119 e. The Morgan fingerprint density at radius 2 is 1.96 bits per heavy atom. The van der Waals surface area contributed by atoms with Crippen LogP contribution in [0.15, 0.2) is 30.3 Å². The van der Waals surface area contributed by atoms with Crippen molar-refractivity contribution >= 4 is 34.4 Å². The number of benzene rings is 2. The average molecular weight is 452 g/mol. The Morgan fingerprint density at radius 3 is 2.67 bits per heavy atom. The SMILES string of the molecule is CSCCCOc1cc(C)c(-c2cccc3c2CCC3I)c(C)c1. The number of ether oxygens (including phenoxy) is 1. The van der Waals surface area contributed by atoms with Crippen LogP contribution in [0.2, 0.25) is 0 Å². The second-order valence-corrected chi connectivity index (χ2v) is 9.00. The molecule has 1 unspecified atom stereocenters. The first-order chi connectivity index (χ1) is 11.6. The van der Waals surface area contributed by atoms with Crippen molar-refractivity contribution in [1.82, 2.24) is 0 Å². The minimum absolute atomic E-state index is 0.664.